The summed E-state index contributed by atoms with van der Waals surface area (Å²) >= 11 is 0. The second-order valence-electron chi connectivity index (χ2n) is 7.76. The van der Waals surface area contributed by atoms with Crippen molar-refractivity contribution in [2.75, 3.05) is 20.2 Å². The van der Waals surface area contributed by atoms with Crippen LogP contribution < -0.4 is 4.74 Å². The SMILES string of the molecule is CN1CCC[C@H]1Cc1cn(S(=O)(=O)c2cccc3c2OCC3)c2cccnc12.O=CO. The monoisotopic (exact) mass is 443 g/mol. The van der Waals surface area contributed by atoms with E-state index in [0.29, 0.717) is 23.9 Å². The number of carbonyl (C=O) groups is 1. The Morgan fingerprint density at radius 3 is 2.84 bits per heavy atom. The Hall–Kier alpha value is -2.91. The molecule has 1 aromatic carbocycles. The van der Waals surface area contributed by atoms with Gasteiger partial charge in [-0.15, -0.1) is 0 Å². The number of likely N-dealkylation sites (tertiary alicyclic amines) is 1. The van der Waals surface area contributed by atoms with Crippen LogP contribution in [0.1, 0.15) is 24.0 Å². The smallest absolute Gasteiger partial charge is 0.290 e. The van der Waals surface area contributed by atoms with Gasteiger partial charge < -0.3 is 14.7 Å². The number of hydrogen-bond donors (Lipinski definition) is 1. The molecular weight excluding hydrogens is 418 g/mol. The Balaban J connectivity index is 0.000000730. The summed E-state index contributed by atoms with van der Waals surface area (Å²) in [4.78, 5) is 15.4. The summed E-state index contributed by atoms with van der Waals surface area (Å²) in [5.41, 5.74) is 3.31. The highest BCUT2D eigenvalue weighted by Crippen LogP contribution is 2.35. The molecule has 0 aliphatic carbocycles. The van der Waals surface area contributed by atoms with Crippen molar-refractivity contribution in [1.29, 1.82) is 0 Å². The minimum atomic E-state index is -3.78. The first-order chi connectivity index (χ1) is 15.0. The third kappa shape index (κ3) is 3.90. The van der Waals surface area contributed by atoms with Crippen LogP contribution in [0.25, 0.3) is 11.0 Å². The number of para-hydroxylation sites is 1. The second-order valence-corrected chi connectivity index (χ2v) is 9.54. The molecule has 4 heterocycles. The van der Waals surface area contributed by atoms with Crippen LogP contribution >= 0.6 is 0 Å². The topological polar surface area (TPSA) is 102 Å². The van der Waals surface area contributed by atoms with Crippen LogP contribution in [0, 0.1) is 0 Å². The molecule has 1 atom stereocenters. The molecule has 8 nitrogen and oxygen atoms in total. The second kappa shape index (κ2) is 8.68. The summed E-state index contributed by atoms with van der Waals surface area (Å²) < 4.78 is 34.2. The molecule has 0 amide bonds. The van der Waals surface area contributed by atoms with E-state index in [9.17, 15) is 8.42 Å². The number of ether oxygens (including phenoxy) is 1. The molecule has 0 saturated carbocycles. The summed E-state index contributed by atoms with van der Waals surface area (Å²) in [5.74, 6) is 0.491. The van der Waals surface area contributed by atoms with Crippen molar-refractivity contribution in [3.05, 3.63) is 53.9 Å². The van der Waals surface area contributed by atoms with Crippen molar-refractivity contribution in [1.82, 2.24) is 13.9 Å². The summed E-state index contributed by atoms with van der Waals surface area (Å²) in [6, 6.07) is 9.38. The van der Waals surface area contributed by atoms with Crippen molar-refractivity contribution >= 4 is 27.5 Å². The molecule has 1 N–H and O–H groups in total. The zero-order valence-electron chi connectivity index (χ0n) is 17.3. The maximum absolute atomic E-state index is 13.6. The van der Waals surface area contributed by atoms with Crippen LogP contribution in [-0.2, 0) is 27.7 Å². The molecule has 1 fully saturated rings. The van der Waals surface area contributed by atoms with E-state index in [-0.39, 0.29) is 11.4 Å². The van der Waals surface area contributed by atoms with Gasteiger partial charge in [0.05, 0.1) is 17.6 Å². The summed E-state index contributed by atoms with van der Waals surface area (Å²) in [6.45, 7) is 1.36. The first-order valence-corrected chi connectivity index (χ1v) is 11.6. The van der Waals surface area contributed by atoms with Gasteiger partial charge >= 0.3 is 0 Å². The number of hydrogen-bond acceptors (Lipinski definition) is 6. The van der Waals surface area contributed by atoms with Crippen LogP contribution in [-0.4, -0.2) is 60.1 Å². The van der Waals surface area contributed by atoms with Crippen molar-refractivity contribution in [2.24, 2.45) is 0 Å². The maximum Gasteiger partial charge on any atom is 0.290 e. The zero-order valence-corrected chi connectivity index (χ0v) is 18.1. The van der Waals surface area contributed by atoms with E-state index < -0.39 is 10.0 Å². The Morgan fingerprint density at radius 2 is 2.10 bits per heavy atom. The molecule has 3 aromatic rings. The number of nitrogens with zero attached hydrogens (tertiary/aromatic N) is 3. The number of aromatic nitrogens is 2. The van der Waals surface area contributed by atoms with E-state index in [4.69, 9.17) is 14.6 Å². The lowest BCUT2D eigenvalue weighted by atomic mass is 10.1. The quantitative estimate of drug-likeness (QED) is 0.618. The van der Waals surface area contributed by atoms with Gasteiger partial charge in [0, 0.05) is 24.9 Å². The molecular formula is C22H25N3O5S. The van der Waals surface area contributed by atoms with Gasteiger partial charge in [-0.05, 0) is 62.2 Å². The van der Waals surface area contributed by atoms with Crippen molar-refractivity contribution < 1.29 is 23.1 Å². The predicted octanol–water partition coefficient (Wildman–Crippen LogP) is 2.55. The average Bonchev–Trinajstić information content (AvgIpc) is 3.48. The number of benzene rings is 1. The van der Waals surface area contributed by atoms with Gasteiger partial charge in [0.2, 0.25) is 0 Å². The highest BCUT2D eigenvalue weighted by molar-refractivity contribution is 7.90. The number of pyridine rings is 1. The van der Waals surface area contributed by atoms with Crippen LogP contribution in [0.5, 0.6) is 5.75 Å². The molecule has 1 saturated heterocycles. The Labute approximate surface area is 181 Å². The van der Waals surface area contributed by atoms with Gasteiger partial charge in [-0.3, -0.25) is 9.78 Å². The molecule has 5 rings (SSSR count). The Morgan fingerprint density at radius 1 is 1.29 bits per heavy atom. The van der Waals surface area contributed by atoms with E-state index in [1.165, 1.54) is 10.4 Å². The van der Waals surface area contributed by atoms with Crippen LogP contribution in [0.2, 0.25) is 0 Å². The fraction of sp³-hybridized carbons (Fsp3) is 0.364. The highest BCUT2D eigenvalue weighted by atomic mass is 32.2. The third-order valence-corrected chi connectivity index (χ3v) is 7.64. The zero-order chi connectivity index (χ0) is 22.0. The summed E-state index contributed by atoms with van der Waals surface area (Å²) in [7, 11) is -1.65. The normalized spacial score (nSPS) is 18.3. The van der Waals surface area contributed by atoms with Crippen LogP contribution in [0.4, 0.5) is 0 Å². The van der Waals surface area contributed by atoms with Gasteiger partial charge in [0.15, 0.2) is 0 Å². The molecule has 0 radical (unpaired) electrons. The molecule has 31 heavy (non-hydrogen) atoms. The summed E-state index contributed by atoms with van der Waals surface area (Å²) in [6.07, 6.45) is 7.33. The molecule has 2 aromatic heterocycles. The fourth-order valence-electron chi connectivity index (χ4n) is 4.43. The van der Waals surface area contributed by atoms with Gasteiger partial charge in [0.25, 0.3) is 16.5 Å². The molecule has 0 unspecified atom stereocenters. The third-order valence-electron chi connectivity index (χ3n) is 5.94. The standard InChI is InChI=1S/C21H23N3O3S.CH2O2/c1-23-11-4-6-17(23)13-16-14-24(18-7-3-10-22-20(16)18)28(25,26)19-8-2-5-15-9-12-27-21(15)19;2-1-3/h2-3,5,7-8,10,14,17H,4,6,9,11-13H2,1H3;1H,(H,2,3)/t17-;/m0./s1. The van der Waals surface area contributed by atoms with Crippen molar-refractivity contribution in [3.8, 4) is 5.75 Å². The number of fused-ring (bicyclic) bond motifs is 2. The molecule has 0 bridgehead atoms. The van der Waals surface area contributed by atoms with E-state index in [1.807, 2.05) is 12.1 Å². The number of rotatable bonds is 4. The molecule has 9 heteroatoms. The lowest BCUT2D eigenvalue weighted by molar-refractivity contribution is -0.122. The molecule has 0 spiro atoms. The summed E-state index contributed by atoms with van der Waals surface area (Å²) in [5, 5.41) is 6.89. The first kappa shape index (κ1) is 21.3. The number of carboxylic acid groups (broad SMARTS) is 1. The lowest BCUT2D eigenvalue weighted by Crippen LogP contribution is -2.26. The van der Waals surface area contributed by atoms with E-state index in [1.54, 1.807) is 30.6 Å². The van der Waals surface area contributed by atoms with Crippen LogP contribution in [0.15, 0.2) is 47.6 Å². The Kier molecular flexibility index (Phi) is 5.97. The predicted molar refractivity (Wildman–Crippen MR) is 116 cm³/mol. The molecule has 2 aliphatic heterocycles. The number of likely N-dealkylation sites (N-methyl/N-ethyl adjacent to an activating group) is 1. The van der Waals surface area contributed by atoms with Gasteiger partial charge in [-0.1, -0.05) is 12.1 Å². The van der Waals surface area contributed by atoms with E-state index in [2.05, 4.69) is 16.9 Å². The van der Waals surface area contributed by atoms with Crippen molar-refractivity contribution in [3.63, 3.8) is 0 Å². The minimum Gasteiger partial charge on any atom is -0.492 e. The van der Waals surface area contributed by atoms with Gasteiger partial charge in [-0.25, -0.2) is 12.4 Å². The maximum atomic E-state index is 13.6. The van der Waals surface area contributed by atoms with Crippen molar-refractivity contribution in [2.45, 2.75) is 36.6 Å². The average molecular weight is 444 g/mol. The fourth-order valence-corrected chi connectivity index (χ4v) is 5.99. The van der Waals surface area contributed by atoms with E-state index in [0.717, 1.165) is 42.5 Å². The lowest BCUT2D eigenvalue weighted by Gasteiger charge is -2.18. The largest absolute Gasteiger partial charge is 0.492 e. The Bertz CT molecular complexity index is 1210. The first-order valence-electron chi connectivity index (χ1n) is 10.2. The van der Waals surface area contributed by atoms with Gasteiger partial charge in [-0.2, -0.15) is 0 Å². The van der Waals surface area contributed by atoms with Crippen LogP contribution in [0.3, 0.4) is 0 Å². The molecule has 2 aliphatic rings. The minimum absolute atomic E-state index is 0.229. The van der Waals surface area contributed by atoms with Gasteiger partial charge in [0.1, 0.15) is 10.6 Å². The highest BCUT2D eigenvalue weighted by Gasteiger charge is 2.30. The molecule has 164 valence electrons. The van der Waals surface area contributed by atoms with E-state index >= 15 is 0 Å².